The molecule has 0 atom stereocenters. The molecule has 132 valence electrons. The van der Waals surface area contributed by atoms with Crippen molar-refractivity contribution in [1.29, 1.82) is 0 Å². The summed E-state index contributed by atoms with van der Waals surface area (Å²) in [4.78, 5) is 24.8. The van der Waals surface area contributed by atoms with Gasteiger partial charge in [0.25, 0.3) is 5.91 Å². The molecule has 2 rings (SSSR count). The molecular formula is C16H21ClN2O4S. The standard InChI is InChI=1S/C16H21ClN2O4S/c1-15(2,3)18-13(20)10-6-7-11(17)12(8-10)19-14(21)16(4,5)9-24(19,22)23/h6-8H,9H2,1-5H3,(H,18,20). The zero-order chi connectivity index (χ0) is 18.5. The SMILES string of the molecule is CC(C)(C)NC(=O)c1ccc(Cl)c(N2C(=O)C(C)(C)CS2(=O)=O)c1. The van der Waals surface area contributed by atoms with Crippen LogP contribution in [-0.4, -0.2) is 31.5 Å². The Hall–Kier alpha value is -1.60. The lowest BCUT2D eigenvalue weighted by Crippen LogP contribution is -2.40. The second-order valence-electron chi connectivity index (χ2n) is 7.58. The maximum absolute atomic E-state index is 12.5. The number of amides is 2. The van der Waals surface area contributed by atoms with Crippen LogP contribution in [0.1, 0.15) is 45.0 Å². The van der Waals surface area contributed by atoms with Gasteiger partial charge in [-0.15, -0.1) is 0 Å². The summed E-state index contributed by atoms with van der Waals surface area (Å²) in [6.45, 7) is 8.63. The maximum atomic E-state index is 12.5. The molecule has 24 heavy (non-hydrogen) atoms. The Balaban J connectivity index is 2.50. The average Bonchev–Trinajstić information content (AvgIpc) is 2.53. The molecule has 0 spiro atoms. The van der Waals surface area contributed by atoms with Crippen LogP contribution in [0.4, 0.5) is 5.69 Å². The van der Waals surface area contributed by atoms with Crippen molar-refractivity contribution in [3.8, 4) is 0 Å². The van der Waals surface area contributed by atoms with Crippen LogP contribution in [0.3, 0.4) is 0 Å². The Kier molecular flexibility index (Phi) is 4.48. The molecule has 1 saturated heterocycles. The fourth-order valence-corrected chi connectivity index (χ4v) is 4.83. The van der Waals surface area contributed by atoms with Gasteiger partial charge in [-0.05, 0) is 52.8 Å². The zero-order valence-corrected chi connectivity index (χ0v) is 15.9. The Morgan fingerprint density at radius 3 is 2.33 bits per heavy atom. The van der Waals surface area contributed by atoms with Crippen molar-refractivity contribution in [1.82, 2.24) is 5.32 Å². The number of rotatable bonds is 2. The highest BCUT2D eigenvalue weighted by atomic mass is 35.5. The quantitative estimate of drug-likeness (QED) is 0.864. The van der Waals surface area contributed by atoms with Gasteiger partial charge in [0, 0.05) is 11.1 Å². The van der Waals surface area contributed by atoms with Crippen LogP contribution in [0.15, 0.2) is 18.2 Å². The Morgan fingerprint density at radius 1 is 1.29 bits per heavy atom. The van der Waals surface area contributed by atoms with Crippen molar-refractivity contribution in [2.45, 2.75) is 40.2 Å². The molecule has 0 bridgehead atoms. The van der Waals surface area contributed by atoms with Crippen LogP contribution in [0.25, 0.3) is 0 Å². The Bertz CT molecular complexity index is 810. The third kappa shape index (κ3) is 3.57. The number of hydrogen-bond donors (Lipinski definition) is 1. The van der Waals surface area contributed by atoms with Crippen LogP contribution in [0, 0.1) is 5.41 Å². The molecule has 0 aliphatic carbocycles. The number of anilines is 1. The van der Waals surface area contributed by atoms with Gasteiger partial charge in [0.2, 0.25) is 15.9 Å². The molecule has 1 heterocycles. The topological polar surface area (TPSA) is 83.6 Å². The van der Waals surface area contributed by atoms with E-state index in [1.54, 1.807) is 13.8 Å². The zero-order valence-electron chi connectivity index (χ0n) is 14.3. The molecule has 1 aliphatic rings. The van der Waals surface area contributed by atoms with E-state index in [0.717, 1.165) is 0 Å². The van der Waals surface area contributed by atoms with Gasteiger partial charge in [-0.1, -0.05) is 11.6 Å². The number of halogens is 1. The van der Waals surface area contributed by atoms with E-state index in [-0.39, 0.29) is 27.9 Å². The minimum atomic E-state index is -3.83. The minimum absolute atomic E-state index is 0.00815. The van der Waals surface area contributed by atoms with E-state index in [2.05, 4.69) is 5.32 Å². The van der Waals surface area contributed by atoms with Crippen molar-refractivity contribution in [2.75, 3.05) is 10.1 Å². The molecular weight excluding hydrogens is 352 g/mol. The van der Waals surface area contributed by atoms with Crippen molar-refractivity contribution in [2.24, 2.45) is 5.41 Å². The monoisotopic (exact) mass is 372 g/mol. The third-order valence-corrected chi connectivity index (χ3v) is 5.83. The normalized spacial score (nSPS) is 19.4. The van der Waals surface area contributed by atoms with Gasteiger partial charge in [0.15, 0.2) is 0 Å². The second-order valence-corrected chi connectivity index (χ2v) is 9.80. The molecule has 0 saturated carbocycles. The highest BCUT2D eigenvalue weighted by molar-refractivity contribution is 7.94. The number of carbonyl (C=O) groups is 2. The molecule has 1 aromatic carbocycles. The number of hydrogen-bond acceptors (Lipinski definition) is 4. The summed E-state index contributed by atoms with van der Waals surface area (Å²) in [5.41, 5.74) is -1.24. The van der Waals surface area contributed by atoms with E-state index in [0.29, 0.717) is 4.31 Å². The largest absolute Gasteiger partial charge is 0.347 e. The highest BCUT2D eigenvalue weighted by Gasteiger charge is 2.50. The molecule has 8 heteroatoms. The van der Waals surface area contributed by atoms with E-state index >= 15 is 0 Å². The highest BCUT2D eigenvalue weighted by Crippen LogP contribution is 2.39. The van der Waals surface area contributed by atoms with Crippen molar-refractivity contribution in [3.05, 3.63) is 28.8 Å². The van der Waals surface area contributed by atoms with Crippen LogP contribution in [-0.2, 0) is 14.8 Å². The summed E-state index contributed by atoms with van der Waals surface area (Å²) in [5, 5.41) is 2.88. The molecule has 1 aromatic rings. The average molecular weight is 373 g/mol. The van der Waals surface area contributed by atoms with E-state index in [4.69, 9.17) is 11.6 Å². The van der Waals surface area contributed by atoms with Gasteiger partial charge in [-0.25, -0.2) is 12.7 Å². The number of benzene rings is 1. The van der Waals surface area contributed by atoms with Crippen molar-refractivity contribution >= 4 is 39.1 Å². The lowest BCUT2D eigenvalue weighted by Gasteiger charge is -2.22. The Labute approximate surface area is 147 Å². The van der Waals surface area contributed by atoms with Gasteiger partial charge < -0.3 is 5.32 Å². The van der Waals surface area contributed by atoms with Crippen LogP contribution >= 0.6 is 11.6 Å². The summed E-state index contributed by atoms with van der Waals surface area (Å²) in [6.07, 6.45) is 0. The summed E-state index contributed by atoms with van der Waals surface area (Å²) in [7, 11) is -3.83. The molecule has 0 radical (unpaired) electrons. The van der Waals surface area contributed by atoms with Gasteiger partial charge in [-0.3, -0.25) is 9.59 Å². The predicted molar refractivity (Wildman–Crippen MR) is 93.7 cm³/mol. The van der Waals surface area contributed by atoms with E-state index in [1.807, 2.05) is 20.8 Å². The van der Waals surface area contributed by atoms with E-state index in [9.17, 15) is 18.0 Å². The summed E-state index contributed by atoms with van der Waals surface area (Å²) >= 11 is 6.11. The first-order valence-corrected chi connectivity index (χ1v) is 9.43. The summed E-state index contributed by atoms with van der Waals surface area (Å²) < 4.78 is 25.5. The fraction of sp³-hybridized carbons (Fsp3) is 0.500. The summed E-state index contributed by atoms with van der Waals surface area (Å²) in [5.74, 6) is -1.23. The Morgan fingerprint density at radius 2 is 1.88 bits per heavy atom. The number of sulfonamides is 1. The first kappa shape index (κ1) is 18.7. The second kappa shape index (κ2) is 5.74. The smallest absolute Gasteiger partial charge is 0.251 e. The first-order valence-electron chi connectivity index (χ1n) is 7.44. The predicted octanol–water partition coefficient (Wildman–Crippen LogP) is 2.57. The molecule has 6 nitrogen and oxygen atoms in total. The third-order valence-electron chi connectivity index (χ3n) is 3.50. The molecule has 0 unspecified atom stereocenters. The summed E-state index contributed by atoms with van der Waals surface area (Å²) in [6, 6.07) is 4.24. The van der Waals surface area contributed by atoms with Gasteiger partial charge >= 0.3 is 0 Å². The molecule has 2 amide bonds. The first-order chi connectivity index (χ1) is 10.7. The molecule has 1 N–H and O–H groups in total. The molecule has 0 aromatic heterocycles. The lowest BCUT2D eigenvalue weighted by atomic mass is 9.95. The molecule has 1 aliphatic heterocycles. The maximum Gasteiger partial charge on any atom is 0.251 e. The lowest BCUT2D eigenvalue weighted by molar-refractivity contribution is -0.123. The van der Waals surface area contributed by atoms with Crippen LogP contribution in [0.2, 0.25) is 5.02 Å². The van der Waals surface area contributed by atoms with Gasteiger partial charge in [-0.2, -0.15) is 0 Å². The van der Waals surface area contributed by atoms with Gasteiger partial charge in [0.1, 0.15) is 0 Å². The van der Waals surface area contributed by atoms with Crippen LogP contribution < -0.4 is 9.62 Å². The molecule has 1 fully saturated rings. The van der Waals surface area contributed by atoms with Crippen LogP contribution in [0.5, 0.6) is 0 Å². The number of carbonyl (C=O) groups excluding carboxylic acids is 2. The number of nitrogens with one attached hydrogen (secondary N) is 1. The number of nitrogens with zero attached hydrogens (tertiary/aromatic N) is 1. The minimum Gasteiger partial charge on any atom is -0.347 e. The van der Waals surface area contributed by atoms with Gasteiger partial charge in [0.05, 0.1) is 21.9 Å². The van der Waals surface area contributed by atoms with E-state index < -0.39 is 26.9 Å². The van der Waals surface area contributed by atoms with Crippen molar-refractivity contribution < 1.29 is 18.0 Å². The fourth-order valence-electron chi connectivity index (χ4n) is 2.47. The van der Waals surface area contributed by atoms with E-state index in [1.165, 1.54) is 18.2 Å². The van der Waals surface area contributed by atoms with Crippen molar-refractivity contribution in [3.63, 3.8) is 0 Å².